The summed E-state index contributed by atoms with van der Waals surface area (Å²) in [6, 6.07) is 22.4. The van der Waals surface area contributed by atoms with Crippen LogP contribution in [0.5, 0.6) is 0 Å². The van der Waals surface area contributed by atoms with Gasteiger partial charge in [0, 0.05) is 17.1 Å². The highest BCUT2D eigenvalue weighted by molar-refractivity contribution is 7.90. The number of primary amides is 1. The molecule has 8 heteroatoms. The van der Waals surface area contributed by atoms with Crippen LogP contribution in [0.15, 0.2) is 90.0 Å². The van der Waals surface area contributed by atoms with Crippen molar-refractivity contribution in [2.75, 3.05) is 5.32 Å². The number of aromatic nitrogens is 1. The minimum absolute atomic E-state index is 0.130. The van der Waals surface area contributed by atoms with Gasteiger partial charge >= 0.3 is 0 Å². The Morgan fingerprint density at radius 3 is 2.28 bits per heavy atom. The van der Waals surface area contributed by atoms with Gasteiger partial charge < -0.3 is 15.6 Å². The maximum Gasteiger partial charge on any atom is 0.250 e. The van der Waals surface area contributed by atoms with Crippen LogP contribution in [0.3, 0.4) is 0 Å². The number of rotatable bonds is 7. The molecular weight excluding hydrogens is 426 g/mol. The van der Waals surface area contributed by atoms with Crippen molar-refractivity contribution in [2.24, 2.45) is 5.73 Å². The Morgan fingerprint density at radius 1 is 0.875 bits per heavy atom. The fourth-order valence-corrected chi connectivity index (χ4v) is 5.20. The summed E-state index contributed by atoms with van der Waals surface area (Å²) in [5, 5.41) is 3.23. The van der Waals surface area contributed by atoms with Gasteiger partial charge in [-0.25, -0.2) is 8.42 Å². The predicted octanol–water partition coefficient (Wildman–Crippen LogP) is 3.35. The molecule has 1 heterocycles. The van der Waals surface area contributed by atoms with Crippen molar-refractivity contribution in [3.05, 3.63) is 96.2 Å². The van der Waals surface area contributed by atoms with E-state index in [0.717, 1.165) is 0 Å². The standard InChI is InChI=1S/C24H21N3O4S/c25-24(29)18-10-4-6-12-20(18)26-23(28)15-27-14-22(19-11-5-7-13-21(19)27)32(30,31)16-17-8-2-1-3-9-17/h1-14H,15-16H2,(H2,25,29)(H,26,28). The van der Waals surface area contributed by atoms with Gasteiger partial charge in [0.15, 0.2) is 9.84 Å². The first-order valence-electron chi connectivity index (χ1n) is 9.88. The molecule has 0 aliphatic heterocycles. The van der Waals surface area contributed by atoms with Crippen LogP contribution in [0.4, 0.5) is 5.69 Å². The molecule has 0 bridgehead atoms. The zero-order valence-electron chi connectivity index (χ0n) is 17.1. The Balaban J connectivity index is 1.65. The summed E-state index contributed by atoms with van der Waals surface area (Å²) in [6.07, 6.45) is 1.49. The molecule has 1 aromatic heterocycles. The number of benzene rings is 3. The van der Waals surface area contributed by atoms with Gasteiger partial charge in [0.05, 0.1) is 21.9 Å². The minimum Gasteiger partial charge on any atom is -0.366 e. The zero-order valence-corrected chi connectivity index (χ0v) is 17.9. The molecule has 0 saturated carbocycles. The molecule has 0 unspecified atom stereocenters. The number of para-hydroxylation sites is 2. The summed E-state index contributed by atoms with van der Waals surface area (Å²) in [6.45, 7) is -0.130. The first-order valence-corrected chi connectivity index (χ1v) is 11.5. The number of amides is 2. The number of fused-ring (bicyclic) bond motifs is 1. The second-order valence-corrected chi connectivity index (χ2v) is 9.30. The van der Waals surface area contributed by atoms with E-state index in [1.807, 2.05) is 6.07 Å². The lowest BCUT2D eigenvalue weighted by Crippen LogP contribution is -2.21. The van der Waals surface area contributed by atoms with Crippen LogP contribution in [-0.4, -0.2) is 24.8 Å². The number of nitrogens with zero attached hydrogens (tertiary/aromatic N) is 1. The normalized spacial score (nSPS) is 11.4. The number of hydrogen-bond acceptors (Lipinski definition) is 4. The van der Waals surface area contributed by atoms with E-state index >= 15 is 0 Å². The molecule has 2 amide bonds. The summed E-state index contributed by atoms with van der Waals surface area (Å²) in [4.78, 5) is 24.5. The molecule has 0 spiro atoms. The molecule has 0 aliphatic rings. The highest BCUT2D eigenvalue weighted by Crippen LogP contribution is 2.28. The molecular formula is C24H21N3O4S. The maximum atomic E-state index is 13.2. The highest BCUT2D eigenvalue weighted by atomic mass is 32.2. The Kier molecular flexibility index (Phi) is 5.79. The maximum absolute atomic E-state index is 13.2. The van der Waals surface area contributed by atoms with E-state index in [2.05, 4.69) is 5.32 Å². The molecule has 162 valence electrons. The quantitative estimate of drug-likeness (QED) is 0.452. The van der Waals surface area contributed by atoms with Crippen LogP contribution in [0.1, 0.15) is 15.9 Å². The number of nitrogens with one attached hydrogen (secondary N) is 1. The van der Waals surface area contributed by atoms with Gasteiger partial charge in [-0.05, 0) is 23.8 Å². The summed E-state index contributed by atoms with van der Waals surface area (Å²) in [7, 11) is -3.65. The number of carbonyl (C=O) groups is 2. The van der Waals surface area contributed by atoms with Gasteiger partial charge in [0.25, 0.3) is 5.91 Å². The van der Waals surface area contributed by atoms with Crippen LogP contribution in [0, 0.1) is 0 Å². The number of nitrogens with two attached hydrogens (primary N) is 1. The highest BCUT2D eigenvalue weighted by Gasteiger charge is 2.22. The second kappa shape index (κ2) is 8.68. The molecule has 3 N–H and O–H groups in total. The summed E-state index contributed by atoms with van der Waals surface area (Å²) in [5.41, 5.74) is 7.18. The third-order valence-electron chi connectivity index (χ3n) is 5.07. The number of carbonyl (C=O) groups excluding carboxylic acids is 2. The van der Waals surface area contributed by atoms with E-state index < -0.39 is 21.7 Å². The van der Waals surface area contributed by atoms with E-state index in [9.17, 15) is 18.0 Å². The average molecular weight is 448 g/mol. The van der Waals surface area contributed by atoms with E-state index in [4.69, 9.17) is 5.73 Å². The van der Waals surface area contributed by atoms with Gasteiger partial charge in [-0.15, -0.1) is 0 Å². The van der Waals surface area contributed by atoms with Gasteiger partial charge in [-0.2, -0.15) is 0 Å². The Labute approximate surface area is 185 Å². The zero-order chi connectivity index (χ0) is 22.7. The SMILES string of the molecule is NC(=O)c1ccccc1NC(=O)Cn1cc(S(=O)(=O)Cc2ccccc2)c2ccccc21. The van der Waals surface area contributed by atoms with Crippen LogP contribution < -0.4 is 11.1 Å². The topological polar surface area (TPSA) is 111 Å². The lowest BCUT2D eigenvalue weighted by atomic mass is 10.1. The lowest BCUT2D eigenvalue weighted by molar-refractivity contribution is -0.116. The van der Waals surface area contributed by atoms with Crippen molar-refractivity contribution in [1.29, 1.82) is 0 Å². The van der Waals surface area contributed by atoms with Crippen LogP contribution >= 0.6 is 0 Å². The van der Waals surface area contributed by atoms with Crippen LogP contribution in [0.2, 0.25) is 0 Å². The van der Waals surface area contributed by atoms with E-state index in [0.29, 0.717) is 22.2 Å². The van der Waals surface area contributed by atoms with Gasteiger partial charge in [0.1, 0.15) is 6.54 Å². The molecule has 4 aromatic rings. The molecule has 0 fully saturated rings. The Morgan fingerprint density at radius 2 is 1.53 bits per heavy atom. The van der Waals surface area contributed by atoms with Crippen molar-refractivity contribution in [3.8, 4) is 0 Å². The minimum atomic E-state index is -3.65. The van der Waals surface area contributed by atoms with Crippen molar-refractivity contribution in [3.63, 3.8) is 0 Å². The first kappa shape index (κ1) is 21.3. The van der Waals surface area contributed by atoms with Crippen molar-refractivity contribution < 1.29 is 18.0 Å². The van der Waals surface area contributed by atoms with Gasteiger partial charge in [0.2, 0.25) is 5.91 Å². The predicted molar refractivity (Wildman–Crippen MR) is 123 cm³/mol. The Hall–Kier alpha value is -3.91. The van der Waals surface area contributed by atoms with E-state index in [1.165, 1.54) is 12.3 Å². The first-order chi connectivity index (χ1) is 15.3. The molecule has 4 rings (SSSR count). The molecule has 0 saturated heterocycles. The molecule has 0 atom stereocenters. The third-order valence-corrected chi connectivity index (χ3v) is 6.78. The molecule has 3 aromatic carbocycles. The monoisotopic (exact) mass is 447 g/mol. The smallest absolute Gasteiger partial charge is 0.250 e. The van der Waals surface area contributed by atoms with Crippen molar-refractivity contribution in [2.45, 2.75) is 17.2 Å². The average Bonchev–Trinajstić information content (AvgIpc) is 3.14. The second-order valence-electron chi connectivity index (χ2n) is 7.34. The van der Waals surface area contributed by atoms with Crippen molar-refractivity contribution >= 4 is 38.2 Å². The van der Waals surface area contributed by atoms with Gasteiger partial charge in [-0.3, -0.25) is 9.59 Å². The fourth-order valence-electron chi connectivity index (χ4n) is 3.61. The lowest BCUT2D eigenvalue weighted by Gasteiger charge is -2.10. The van der Waals surface area contributed by atoms with Crippen LogP contribution in [-0.2, 0) is 26.9 Å². The molecule has 7 nitrogen and oxygen atoms in total. The summed E-state index contributed by atoms with van der Waals surface area (Å²) in [5.74, 6) is -1.20. The fraction of sp³-hybridized carbons (Fsp3) is 0.0833. The molecule has 0 aliphatic carbocycles. The largest absolute Gasteiger partial charge is 0.366 e. The van der Waals surface area contributed by atoms with Crippen LogP contribution in [0.25, 0.3) is 10.9 Å². The molecule has 32 heavy (non-hydrogen) atoms. The Bertz CT molecular complexity index is 1410. The van der Waals surface area contributed by atoms with E-state index in [-0.39, 0.29) is 22.8 Å². The van der Waals surface area contributed by atoms with Crippen molar-refractivity contribution in [1.82, 2.24) is 4.57 Å². The summed E-state index contributed by atoms with van der Waals surface area (Å²) >= 11 is 0. The summed E-state index contributed by atoms with van der Waals surface area (Å²) < 4.78 is 27.9. The molecule has 0 radical (unpaired) electrons. The number of hydrogen-bond donors (Lipinski definition) is 2. The number of sulfone groups is 1. The van der Waals surface area contributed by atoms with Gasteiger partial charge in [-0.1, -0.05) is 60.7 Å². The number of anilines is 1. The van der Waals surface area contributed by atoms with E-state index in [1.54, 1.807) is 71.3 Å². The third kappa shape index (κ3) is 4.40.